The second kappa shape index (κ2) is 5.33. The Balaban J connectivity index is 1.67. The van der Waals surface area contributed by atoms with Crippen molar-refractivity contribution in [3.8, 4) is 5.75 Å². The zero-order valence-electron chi connectivity index (χ0n) is 11.5. The van der Waals surface area contributed by atoms with Gasteiger partial charge in [0, 0.05) is 18.5 Å². The number of hydrogen-bond acceptors (Lipinski definition) is 3. The van der Waals surface area contributed by atoms with E-state index in [-0.39, 0.29) is 5.78 Å². The topological polar surface area (TPSA) is 29.5 Å². The van der Waals surface area contributed by atoms with E-state index in [2.05, 4.69) is 11.8 Å². The molecular weight excluding hydrogens is 238 g/mol. The molecule has 0 aliphatic carbocycles. The van der Waals surface area contributed by atoms with Gasteiger partial charge in [-0.25, -0.2) is 0 Å². The van der Waals surface area contributed by atoms with Gasteiger partial charge in [0.2, 0.25) is 0 Å². The molecular formula is C16H21NO2. The number of rotatable bonds is 3. The maximum absolute atomic E-state index is 12.3. The third-order valence-electron chi connectivity index (χ3n) is 4.12. The van der Waals surface area contributed by atoms with Crippen molar-refractivity contribution in [2.75, 3.05) is 26.2 Å². The molecule has 3 nitrogen and oxygen atoms in total. The lowest BCUT2D eigenvalue weighted by Gasteiger charge is -2.30. The van der Waals surface area contributed by atoms with Crippen molar-refractivity contribution >= 4 is 5.78 Å². The van der Waals surface area contributed by atoms with Crippen molar-refractivity contribution in [3.63, 3.8) is 0 Å². The number of Topliss-reactive ketones (excluding diaryl/α,β-unsaturated/α-hetero) is 1. The maximum atomic E-state index is 12.3. The van der Waals surface area contributed by atoms with Crippen LogP contribution in [0.2, 0.25) is 0 Å². The van der Waals surface area contributed by atoms with Gasteiger partial charge >= 0.3 is 0 Å². The first-order chi connectivity index (χ1) is 9.22. The summed E-state index contributed by atoms with van der Waals surface area (Å²) in [5, 5.41) is 0. The number of likely N-dealkylation sites (tertiary alicyclic amines) is 1. The van der Waals surface area contributed by atoms with Crippen LogP contribution >= 0.6 is 0 Å². The fourth-order valence-corrected chi connectivity index (χ4v) is 3.08. The Hall–Kier alpha value is -1.35. The van der Waals surface area contributed by atoms with Gasteiger partial charge in [0.1, 0.15) is 5.75 Å². The fraction of sp³-hybridized carbons (Fsp3) is 0.562. The van der Waals surface area contributed by atoms with Gasteiger partial charge in [-0.3, -0.25) is 9.69 Å². The molecule has 1 unspecified atom stereocenters. The van der Waals surface area contributed by atoms with Crippen LogP contribution in [-0.4, -0.2) is 36.9 Å². The van der Waals surface area contributed by atoms with Crippen molar-refractivity contribution in [2.45, 2.75) is 26.2 Å². The largest absolute Gasteiger partial charge is 0.493 e. The lowest BCUT2D eigenvalue weighted by Crippen LogP contribution is -2.37. The minimum Gasteiger partial charge on any atom is -0.493 e. The van der Waals surface area contributed by atoms with Gasteiger partial charge in [0.25, 0.3) is 0 Å². The molecule has 0 bridgehead atoms. The van der Waals surface area contributed by atoms with Crippen LogP contribution in [-0.2, 0) is 6.42 Å². The van der Waals surface area contributed by atoms with Gasteiger partial charge in [0.05, 0.1) is 13.2 Å². The van der Waals surface area contributed by atoms with Crippen molar-refractivity contribution < 1.29 is 9.53 Å². The molecule has 3 rings (SSSR count). The smallest absolute Gasteiger partial charge is 0.176 e. The van der Waals surface area contributed by atoms with Crippen LogP contribution in [0.3, 0.4) is 0 Å². The van der Waals surface area contributed by atoms with Crippen LogP contribution < -0.4 is 4.74 Å². The second-order valence-corrected chi connectivity index (χ2v) is 5.83. The van der Waals surface area contributed by atoms with E-state index >= 15 is 0 Å². The summed E-state index contributed by atoms with van der Waals surface area (Å²) in [5.74, 6) is 1.90. The molecule has 0 amide bonds. The summed E-state index contributed by atoms with van der Waals surface area (Å²) >= 11 is 0. The molecule has 1 aromatic carbocycles. The summed E-state index contributed by atoms with van der Waals surface area (Å²) in [5.41, 5.74) is 2.01. The highest BCUT2D eigenvalue weighted by atomic mass is 16.5. The van der Waals surface area contributed by atoms with Gasteiger partial charge in [-0.1, -0.05) is 6.92 Å². The summed E-state index contributed by atoms with van der Waals surface area (Å²) in [6.45, 7) is 5.69. The molecule has 1 atom stereocenters. The molecule has 0 radical (unpaired) electrons. The Morgan fingerprint density at radius 2 is 2.37 bits per heavy atom. The maximum Gasteiger partial charge on any atom is 0.176 e. The van der Waals surface area contributed by atoms with E-state index in [4.69, 9.17) is 4.74 Å². The Morgan fingerprint density at radius 3 is 3.21 bits per heavy atom. The SMILES string of the molecule is CC1CCCN(CC(=O)c2ccc3c(c2)CCO3)C1. The fourth-order valence-electron chi connectivity index (χ4n) is 3.08. The highest BCUT2D eigenvalue weighted by molar-refractivity contribution is 5.98. The number of ether oxygens (including phenoxy) is 1. The second-order valence-electron chi connectivity index (χ2n) is 5.83. The predicted octanol–water partition coefficient (Wildman–Crippen LogP) is 2.54. The molecule has 19 heavy (non-hydrogen) atoms. The molecule has 1 saturated heterocycles. The van der Waals surface area contributed by atoms with Gasteiger partial charge < -0.3 is 4.74 Å². The zero-order valence-corrected chi connectivity index (χ0v) is 11.5. The molecule has 2 aliphatic heterocycles. The molecule has 0 N–H and O–H groups in total. The lowest BCUT2D eigenvalue weighted by molar-refractivity contribution is 0.0893. The number of hydrogen-bond donors (Lipinski definition) is 0. The standard InChI is InChI=1S/C16H21NO2/c1-12-3-2-7-17(10-12)11-15(18)13-4-5-16-14(9-13)6-8-19-16/h4-5,9,12H,2-3,6-8,10-11H2,1H3. The number of piperidine rings is 1. The van der Waals surface area contributed by atoms with Crippen LogP contribution in [0.15, 0.2) is 18.2 Å². The average Bonchev–Trinajstić information content (AvgIpc) is 2.85. The zero-order chi connectivity index (χ0) is 13.2. The Labute approximate surface area is 114 Å². The Kier molecular flexibility index (Phi) is 3.56. The molecule has 1 fully saturated rings. The van der Waals surface area contributed by atoms with Crippen LogP contribution in [0.4, 0.5) is 0 Å². The number of benzene rings is 1. The van der Waals surface area contributed by atoms with E-state index in [1.807, 2.05) is 18.2 Å². The number of fused-ring (bicyclic) bond motifs is 1. The average molecular weight is 259 g/mol. The quantitative estimate of drug-likeness (QED) is 0.781. The normalized spacial score (nSPS) is 22.9. The van der Waals surface area contributed by atoms with E-state index in [0.717, 1.165) is 43.3 Å². The van der Waals surface area contributed by atoms with Crippen molar-refractivity contribution in [1.29, 1.82) is 0 Å². The first kappa shape index (κ1) is 12.7. The molecule has 1 aromatic rings. The molecule has 0 spiro atoms. The number of nitrogens with zero attached hydrogens (tertiary/aromatic N) is 1. The summed E-state index contributed by atoms with van der Waals surface area (Å²) in [4.78, 5) is 14.6. The van der Waals surface area contributed by atoms with E-state index in [1.165, 1.54) is 18.4 Å². The van der Waals surface area contributed by atoms with E-state index < -0.39 is 0 Å². The Morgan fingerprint density at radius 1 is 1.47 bits per heavy atom. The lowest BCUT2D eigenvalue weighted by atomic mass is 9.99. The predicted molar refractivity (Wildman–Crippen MR) is 74.8 cm³/mol. The summed E-state index contributed by atoms with van der Waals surface area (Å²) in [6, 6.07) is 5.85. The first-order valence-corrected chi connectivity index (χ1v) is 7.23. The van der Waals surface area contributed by atoms with Crippen molar-refractivity contribution in [2.24, 2.45) is 5.92 Å². The van der Waals surface area contributed by atoms with Gasteiger partial charge in [-0.05, 0) is 49.1 Å². The van der Waals surface area contributed by atoms with Crippen LogP contribution in [0.1, 0.15) is 35.7 Å². The van der Waals surface area contributed by atoms with E-state index in [9.17, 15) is 4.79 Å². The number of carbonyl (C=O) groups is 1. The van der Waals surface area contributed by atoms with Crippen LogP contribution in [0.5, 0.6) is 5.75 Å². The van der Waals surface area contributed by atoms with Gasteiger partial charge in [-0.15, -0.1) is 0 Å². The summed E-state index contributed by atoms with van der Waals surface area (Å²) < 4.78 is 5.48. The van der Waals surface area contributed by atoms with E-state index in [1.54, 1.807) is 0 Å². The summed E-state index contributed by atoms with van der Waals surface area (Å²) in [6.07, 6.45) is 3.44. The highest BCUT2D eigenvalue weighted by Crippen LogP contribution is 2.26. The third-order valence-corrected chi connectivity index (χ3v) is 4.12. The van der Waals surface area contributed by atoms with Crippen LogP contribution in [0.25, 0.3) is 0 Å². The monoisotopic (exact) mass is 259 g/mol. The highest BCUT2D eigenvalue weighted by Gasteiger charge is 2.20. The van der Waals surface area contributed by atoms with Crippen molar-refractivity contribution in [1.82, 2.24) is 4.90 Å². The minimum absolute atomic E-state index is 0.240. The molecule has 2 heterocycles. The molecule has 2 aliphatic rings. The molecule has 3 heteroatoms. The summed E-state index contributed by atoms with van der Waals surface area (Å²) in [7, 11) is 0. The molecule has 102 valence electrons. The van der Waals surface area contributed by atoms with Crippen molar-refractivity contribution in [3.05, 3.63) is 29.3 Å². The van der Waals surface area contributed by atoms with Crippen LogP contribution in [0, 0.1) is 5.92 Å². The number of ketones is 1. The van der Waals surface area contributed by atoms with Gasteiger partial charge in [-0.2, -0.15) is 0 Å². The Bertz CT molecular complexity index is 484. The third kappa shape index (κ3) is 2.81. The van der Waals surface area contributed by atoms with E-state index in [0.29, 0.717) is 6.54 Å². The molecule has 0 saturated carbocycles. The van der Waals surface area contributed by atoms with Gasteiger partial charge in [0.15, 0.2) is 5.78 Å². The number of carbonyl (C=O) groups excluding carboxylic acids is 1. The first-order valence-electron chi connectivity index (χ1n) is 7.23. The molecule has 0 aromatic heterocycles. The minimum atomic E-state index is 0.240.